The molecule has 2 N–H and O–H groups in total. The van der Waals surface area contributed by atoms with Crippen molar-refractivity contribution in [3.8, 4) is 11.1 Å². The van der Waals surface area contributed by atoms with E-state index in [0.29, 0.717) is 6.54 Å². The summed E-state index contributed by atoms with van der Waals surface area (Å²) in [6.45, 7) is 0.460. The topological polar surface area (TPSA) is 39.2 Å². The Morgan fingerprint density at radius 1 is 1.27 bits per heavy atom. The molecule has 1 heterocycles. The third-order valence-corrected chi connectivity index (χ3v) is 1.79. The third-order valence-electron chi connectivity index (χ3n) is 1.79. The Morgan fingerprint density at radius 3 is 3.00 bits per heavy atom. The summed E-state index contributed by atoms with van der Waals surface area (Å²) in [6, 6.07) is 8.00. The van der Waals surface area contributed by atoms with E-state index in [1.54, 1.807) is 6.26 Å². The van der Waals surface area contributed by atoms with Crippen molar-refractivity contribution in [2.75, 3.05) is 0 Å². The maximum absolute atomic E-state index is 5.48. The van der Waals surface area contributed by atoms with E-state index in [4.69, 9.17) is 10.2 Å². The first kappa shape index (κ1) is 6.43. The summed E-state index contributed by atoms with van der Waals surface area (Å²) in [4.78, 5) is 0. The Morgan fingerprint density at radius 2 is 2.18 bits per heavy atom. The van der Waals surface area contributed by atoms with Gasteiger partial charge in [0.05, 0.1) is 12.8 Å². The molecule has 1 aliphatic heterocycles. The first-order valence-electron chi connectivity index (χ1n) is 3.57. The van der Waals surface area contributed by atoms with Crippen LogP contribution in [0.3, 0.4) is 0 Å². The second-order valence-electron chi connectivity index (χ2n) is 2.44. The van der Waals surface area contributed by atoms with E-state index < -0.39 is 0 Å². The van der Waals surface area contributed by atoms with Crippen LogP contribution in [0, 0.1) is 0 Å². The predicted octanol–water partition coefficient (Wildman–Crippen LogP) is 1.84. The molecule has 0 saturated carbocycles. The summed E-state index contributed by atoms with van der Waals surface area (Å²) in [5.74, 6) is 0.854. The normalized spacial score (nSPS) is 10.6. The quantitative estimate of drug-likeness (QED) is 0.668. The highest BCUT2D eigenvalue weighted by molar-refractivity contribution is 5.67. The van der Waals surface area contributed by atoms with E-state index in [-0.39, 0.29) is 0 Å². The lowest BCUT2D eigenvalue weighted by molar-refractivity contribution is 0.497. The summed E-state index contributed by atoms with van der Waals surface area (Å²) in [5, 5.41) is 0. The van der Waals surface area contributed by atoms with E-state index in [0.717, 1.165) is 11.3 Å². The van der Waals surface area contributed by atoms with Gasteiger partial charge in [0.15, 0.2) is 0 Å². The Hall–Kier alpha value is -1.28. The van der Waals surface area contributed by atoms with Gasteiger partial charge in [0, 0.05) is 5.56 Å². The van der Waals surface area contributed by atoms with Crippen LogP contribution in [-0.4, -0.2) is 0 Å². The van der Waals surface area contributed by atoms with E-state index in [9.17, 15) is 0 Å². The second kappa shape index (κ2) is 2.40. The lowest BCUT2D eigenvalue weighted by atomic mass is 10.1. The standard InChI is InChI=1S/C9H9NO/c10-6-9-8-3-1-2-7(8)4-5-11-9/h1-5H,6,10H2. The summed E-state index contributed by atoms with van der Waals surface area (Å²) in [7, 11) is 0. The zero-order valence-electron chi connectivity index (χ0n) is 6.08. The molecule has 2 aliphatic rings. The monoisotopic (exact) mass is 147 g/mol. The van der Waals surface area contributed by atoms with Crippen LogP contribution < -0.4 is 5.73 Å². The lowest BCUT2D eigenvalue weighted by Gasteiger charge is -2.02. The molecule has 56 valence electrons. The Labute approximate surface area is 65.0 Å². The maximum Gasteiger partial charge on any atom is 0.125 e. The van der Waals surface area contributed by atoms with Crippen molar-refractivity contribution >= 4 is 0 Å². The van der Waals surface area contributed by atoms with Gasteiger partial charge < -0.3 is 10.2 Å². The van der Waals surface area contributed by atoms with Gasteiger partial charge in [0.25, 0.3) is 0 Å². The van der Waals surface area contributed by atoms with Crippen molar-refractivity contribution in [1.82, 2.24) is 0 Å². The highest BCUT2D eigenvalue weighted by atomic mass is 16.3. The highest BCUT2D eigenvalue weighted by Gasteiger charge is 2.06. The van der Waals surface area contributed by atoms with Gasteiger partial charge in [-0.2, -0.15) is 0 Å². The SMILES string of the molecule is NCc1occc2cccc1-2. The Bertz CT molecular complexity index is 326. The molecular formula is C9H9NO. The molecule has 0 radical (unpaired) electrons. The summed E-state index contributed by atoms with van der Waals surface area (Å²) in [6.07, 6.45) is 1.67. The van der Waals surface area contributed by atoms with Crippen LogP contribution in [0.1, 0.15) is 5.76 Å². The van der Waals surface area contributed by atoms with Gasteiger partial charge in [-0.1, -0.05) is 18.2 Å². The molecular weight excluding hydrogens is 138 g/mol. The van der Waals surface area contributed by atoms with Crippen molar-refractivity contribution in [3.63, 3.8) is 0 Å². The average Bonchev–Trinajstić information content (AvgIpc) is 2.50. The lowest BCUT2D eigenvalue weighted by Crippen LogP contribution is -1.97. The number of hydrogen-bond donors (Lipinski definition) is 1. The van der Waals surface area contributed by atoms with Crippen LogP contribution in [0.2, 0.25) is 0 Å². The molecule has 0 aromatic carbocycles. The molecule has 2 rings (SSSR count). The number of fused-ring (bicyclic) bond motifs is 1. The molecule has 0 atom stereocenters. The van der Waals surface area contributed by atoms with Crippen LogP contribution in [0.15, 0.2) is 34.9 Å². The Balaban J connectivity index is 2.66. The molecule has 0 bridgehead atoms. The summed E-state index contributed by atoms with van der Waals surface area (Å²) in [5.41, 5.74) is 7.79. The zero-order chi connectivity index (χ0) is 7.68. The minimum Gasteiger partial charge on any atom is -0.467 e. The van der Waals surface area contributed by atoms with Gasteiger partial charge in [0.1, 0.15) is 5.76 Å². The second-order valence-corrected chi connectivity index (χ2v) is 2.44. The van der Waals surface area contributed by atoms with Crippen molar-refractivity contribution in [3.05, 3.63) is 36.3 Å². The number of rotatable bonds is 1. The van der Waals surface area contributed by atoms with Crippen LogP contribution in [-0.2, 0) is 6.54 Å². The summed E-state index contributed by atoms with van der Waals surface area (Å²) < 4.78 is 5.22. The fraction of sp³-hybridized carbons (Fsp3) is 0.111. The summed E-state index contributed by atoms with van der Waals surface area (Å²) >= 11 is 0. The third kappa shape index (κ3) is 0.917. The van der Waals surface area contributed by atoms with Gasteiger partial charge in [0.2, 0.25) is 0 Å². The van der Waals surface area contributed by atoms with Gasteiger partial charge >= 0.3 is 0 Å². The first-order chi connectivity index (χ1) is 5.42. The van der Waals surface area contributed by atoms with E-state index >= 15 is 0 Å². The molecule has 0 aromatic heterocycles. The minimum atomic E-state index is 0.460. The molecule has 0 saturated heterocycles. The molecule has 2 heteroatoms. The smallest absolute Gasteiger partial charge is 0.125 e. The molecule has 0 unspecified atom stereocenters. The molecule has 11 heavy (non-hydrogen) atoms. The molecule has 0 amide bonds. The molecule has 1 aliphatic carbocycles. The maximum atomic E-state index is 5.48. The van der Waals surface area contributed by atoms with Crippen molar-refractivity contribution < 1.29 is 4.42 Å². The molecule has 0 spiro atoms. The molecule has 0 fully saturated rings. The van der Waals surface area contributed by atoms with E-state index in [1.807, 2.05) is 24.3 Å². The van der Waals surface area contributed by atoms with E-state index in [2.05, 4.69) is 0 Å². The minimum absolute atomic E-state index is 0.460. The average molecular weight is 147 g/mol. The van der Waals surface area contributed by atoms with Crippen molar-refractivity contribution in [2.24, 2.45) is 5.73 Å². The van der Waals surface area contributed by atoms with Gasteiger partial charge in [-0.05, 0) is 11.6 Å². The first-order valence-corrected chi connectivity index (χ1v) is 3.57. The van der Waals surface area contributed by atoms with E-state index in [1.165, 1.54) is 5.56 Å². The van der Waals surface area contributed by atoms with Crippen LogP contribution >= 0.6 is 0 Å². The van der Waals surface area contributed by atoms with Gasteiger partial charge in [-0.15, -0.1) is 0 Å². The number of hydrogen-bond acceptors (Lipinski definition) is 2. The Kier molecular flexibility index (Phi) is 1.40. The highest BCUT2D eigenvalue weighted by Crippen LogP contribution is 2.25. The fourth-order valence-corrected chi connectivity index (χ4v) is 1.24. The van der Waals surface area contributed by atoms with Gasteiger partial charge in [-0.3, -0.25) is 0 Å². The largest absolute Gasteiger partial charge is 0.467 e. The predicted molar refractivity (Wildman–Crippen MR) is 43.2 cm³/mol. The fourth-order valence-electron chi connectivity index (χ4n) is 1.24. The van der Waals surface area contributed by atoms with Crippen LogP contribution in [0.4, 0.5) is 0 Å². The number of nitrogens with two attached hydrogens (primary N) is 1. The molecule has 0 aromatic rings. The zero-order valence-corrected chi connectivity index (χ0v) is 6.08. The van der Waals surface area contributed by atoms with Gasteiger partial charge in [-0.25, -0.2) is 0 Å². The van der Waals surface area contributed by atoms with Crippen molar-refractivity contribution in [1.29, 1.82) is 0 Å². The molecule has 2 nitrogen and oxygen atoms in total. The van der Waals surface area contributed by atoms with Crippen molar-refractivity contribution in [2.45, 2.75) is 6.54 Å². The van der Waals surface area contributed by atoms with Crippen LogP contribution in [0.5, 0.6) is 0 Å². The van der Waals surface area contributed by atoms with Crippen LogP contribution in [0.25, 0.3) is 11.1 Å².